The number of amides is 1. The zero-order chi connectivity index (χ0) is 18.8. The minimum absolute atomic E-state index is 0.228. The minimum atomic E-state index is -0.898. The molecule has 140 valence electrons. The maximum Gasteiger partial charge on any atom is 0.339 e. The monoisotopic (exact) mass is 353 g/mol. The number of esters is 1. The van der Waals surface area contributed by atoms with Crippen LogP contribution in [0.5, 0.6) is 17.2 Å². The van der Waals surface area contributed by atoms with Gasteiger partial charge in [-0.2, -0.15) is 0 Å². The van der Waals surface area contributed by atoms with Crippen molar-refractivity contribution in [2.75, 3.05) is 26.4 Å². The molecule has 0 unspecified atom stereocenters. The molecule has 0 bridgehead atoms. The Morgan fingerprint density at radius 1 is 0.960 bits per heavy atom. The van der Waals surface area contributed by atoms with Crippen molar-refractivity contribution >= 4 is 11.9 Å². The van der Waals surface area contributed by atoms with Gasteiger partial charge in [0, 0.05) is 6.54 Å². The van der Waals surface area contributed by atoms with Gasteiger partial charge < -0.3 is 24.3 Å². The molecule has 1 amide bonds. The number of likely N-dealkylation sites (N-methyl/N-ethyl adjacent to an activating group) is 1. The first-order valence-corrected chi connectivity index (χ1v) is 8.53. The molecule has 0 aliphatic rings. The van der Waals surface area contributed by atoms with Crippen LogP contribution in [-0.4, -0.2) is 44.3 Å². The largest absolute Gasteiger partial charge is 0.490 e. The zero-order valence-electron chi connectivity index (χ0n) is 15.5. The lowest BCUT2D eigenvalue weighted by Crippen LogP contribution is -2.35. The van der Waals surface area contributed by atoms with E-state index < -0.39 is 12.1 Å². The van der Waals surface area contributed by atoms with Crippen molar-refractivity contribution in [1.29, 1.82) is 0 Å². The van der Waals surface area contributed by atoms with Gasteiger partial charge in [0.05, 0.1) is 25.4 Å². The molecule has 0 heterocycles. The summed E-state index contributed by atoms with van der Waals surface area (Å²) < 4.78 is 21.9. The molecule has 0 radical (unpaired) electrons. The van der Waals surface area contributed by atoms with E-state index in [0.29, 0.717) is 43.6 Å². The van der Waals surface area contributed by atoms with E-state index in [9.17, 15) is 9.59 Å². The Morgan fingerprint density at radius 2 is 1.48 bits per heavy atom. The van der Waals surface area contributed by atoms with Gasteiger partial charge in [0.15, 0.2) is 17.6 Å². The molecule has 0 saturated heterocycles. The van der Waals surface area contributed by atoms with Gasteiger partial charge in [-0.1, -0.05) is 0 Å². The van der Waals surface area contributed by atoms with Crippen molar-refractivity contribution < 1.29 is 28.5 Å². The lowest BCUT2D eigenvalue weighted by molar-refractivity contribution is -0.128. The average Bonchev–Trinajstić information content (AvgIpc) is 2.58. The van der Waals surface area contributed by atoms with Crippen molar-refractivity contribution in [3.05, 3.63) is 17.7 Å². The van der Waals surface area contributed by atoms with E-state index in [1.165, 1.54) is 19.1 Å². The summed E-state index contributed by atoms with van der Waals surface area (Å²) in [4.78, 5) is 24.1. The Balaban J connectivity index is 3.12. The molecule has 0 fully saturated rings. The Hall–Kier alpha value is -2.44. The molecule has 7 nitrogen and oxygen atoms in total. The highest BCUT2D eigenvalue weighted by atomic mass is 16.6. The molecule has 0 saturated carbocycles. The number of hydrogen-bond acceptors (Lipinski definition) is 6. The number of ether oxygens (including phenoxy) is 4. The van der Waals surface area contributed by atoms with E-state index in [-0.39, 0.29) is 11.5 Å². The predicted molar refractivity (Wildman–Crippen MR) is 93.5 cm³/mol. The maximum atomic E-state index is 12.4. The molecule has 0 spiro atoms. The van der Waals surface area contributed by atoms with Gasteiger partial charge in [-0.05, 0) is 46.8 Å². The first-order valence-electron chi connectivity index (χ1n) is 8.53. The van der Waals surface area contributed by atoms with E-state index in [1.54, 1.807) is 6.92 Å². The van der Waals surface area contributed by atoms with Crippen molar-refractivity contribution in [2.45, 2.75) is 40.7 Å². The van der Waals surface area contributed by atoms with Crippen molar-refractivity contribution in [1.82, 2.24) is 5.32 Å². The predicted octanol–water partition coefficient (Wildman–Crippen LogP) is 2.56. The Kier molecular flexibility index (Phi) is 8.60. The van der Waals surface area contributed by atoms with Crippen molar-refractivity contribution in [2.24, 2.45) is 0 Å². The SMILES string of the molecule is CCNC(=O)[C@H](C)OC(=O)c1cc(OCC)c(OCC)c(OCC)c1. The van der Waals surface area contributed by atoms with Gasteiger partial charge in [-0.25, -0.2) is 4.79 Å². The van der Waals surface area contributed by atoms with Crippen LogP contribution >= 0.6 is 0 Å². The summed E-state index contributed by atoms with van der Waals surface area (Å²) >= 11 is 0. The van der Waals surface area contributed by atoms with Gasteiger partial charge in [-0.3, -0.25) is 4.79 Å². The average molecular weight is 353 g/mol. The van der Waals surface area contributed by atoms with E-state index >= 15 is 0 Å². The van der Waals surface area contributed by atoms with Crippen LogP contribution in [0.25, 0.3) is 0 Å². The van der Waals surface area contributed by atoms with Crippen LogP contribution in [0.15, 0.2) is 12.1 Å². The fraction of sp³-hybridized carbons (Fsp3) is 0.556. The number of rotatable bonds is 10. The second-order valence-electron chi connectivity index (χ2n) is 5.04. The van der Waals surface area contributed by atoms with E-state index in [2.05, 4.69) is 5.32 Å². The van der Waals surface area contributed by atoms with Crippen LogP contribution in [0.3, 0.4) is 0 Å². The van der Waals surface area contributed by atoms with Crippen molar-refractivity contribution in [3.63, 3.8) is 0 Å². The maximum absolute atomic E-state index is 12.4. The van der Waals surface area contributed by atoms with Crippen LogP contribution in [0.4, 0.5) is 0 Å². The summed E-state index contributed by atoms with van der Waals surface area (Å²) in [5.74, 6) is 0.251. The Bertz CT molecular complexity index is 560. The smallest absolute Gasteiger partial charge is 0.339 e. The normalized spacial score (nSPS) is 11.4. The molecule has 25 heavy (non-hydrogen) atoms. The van der Waals surface area contributed by atoms with Gasteiger partial charge in [-0.15, -0.1) is 0 Å². The topological polar surface area (TPSA) is 83.1 Å². The second-order valence-corrected chi connectivity index (χ2v) is 5.04. The molecule has 1 N–H and O–H groups in total. The molecule has 1 atom stereocenters. The highest BCUT2D eigenvalue weighted by Crippen LogP contribution is 2.39. The summed E-state index contributed by atoms with van der Waals surface area (Å²) in [5.41, 5.74) is 0.228. The molecular weight excluding hydrogens is 326 g/mol. The van der Waals surface area contributed by atoms with Gasteiger partial charge >= 0.3 is 5.97 Å². The first-order chi connectivity index (χ1) is 12.0. The minimum Gasteiger partial charge on any atom is -0.490 e. The van der Waals surface area contributed by atoms with Crippen LogP contribution in [-0.2, 0) is 9.53 Å². The molecule has 0 aliphatic heterocycles. The number of nitrogens with one attached hydrogen (secondary N) is 1. The second kappa shape index (κ2) is 10.4. The molecule has 0 aliphatic carbocycles. The standard InChI is InChI=1S/C18H27NO6/c1-6-19-17(20)12(5)25-18(21)13-10-14(22-7-2)16(24-9-4)15(11-13)23-8-3/h10-12H,6-9H2,1-5H3,(H,19,20)/t12-/m0/s1. The van der Waals surface area contributed by atoms with E-state index in [4.69, 9.17) is 18.9 Å². The number of carbonyl (C=O) groups excluding carboxylic acids is 2. The van der Waals surface area contributed by atoms with Crippen LogP contribution in [0, 0.1) is 0 Å². The lowest BCUT2D eigenvalue weighted by Gasteiger charge is -2.18. The van der Waals surface area contributed by atoms with Gasteiger partial charge in [0.1, 0.15) is 0 Å². The highest BCUT2D eigenvalue weighted by Gasteiger charge is 2.22. The van der Waals surface area contributed by atoms with Gasteiger partial charge in [0.25, 0.3) is 5.91 Å². The quantitative estimate of drug-likeness (QED) is 0.651. The van der Waals surface area contributed by atoms with Crippen molar-refractivity contribution in [3.8, 4) is 17.2 Å². The third-order valence-corrected chi connectivity index (χ3v) is 3.15. The first kappa shape index (κ1) is 20.6. The summed E-state index contributed by atoms with van der Waals surface area (Å²) in [6, 6.07) is 3.06. The fourth-order valence-electron chi connectivity index (χ4n) is 2.11. The number of hydrogen-bond donors (Lipinski definition) is 1. The molecule has 1 rings (SSSR count). The third kappa shape index (κ3) is 5.85. The Morgan fingerprint density at radius 3 is 1.92 bits per heavy atom. The molecule has 1 aromatic carbocycles. The molecular formula is C18H27NO6. The van der Waals surface area contributed by atoms with Crippen LogP contribution in [0.2, 0.25) is 0 Å². The zero-order valence-corrected chi connectivity index (χ0v) is 15.5. The van der Waals surface area contributed by atoms with E-state index in [0.717, 1.165) is 0 Å². The van der Waals surface area contributed by atoms with Gasteiger partial charge in [0.2, 0.25) is 5.75 Å². The number of benzene rings is 1. The molecule has 0 aromatic heterocycles. The third-order valence-electron chi connectivity index (χ3n) is 3.15. The fourth-order valence-corrected chi connectivity index (χ4v) is 2.11. The molecule has 1 aromatic rings. The molecule has 7 heteroatoms. The summed E-state index contributed by atoms with van der Waals surface area (Å²) in [6.07, 6.45) is -0.898. The summed E-state index contributed by atoms with van der Waals surface area (Å²) in [7, 11) is 0. The van der Waals surface area contributed by atoms with Crippen LogP contribution in [0.1, 0.15) is 45.0 Å². The van der Waals surface area contributed by atoms with E-state index in [1.807, 2.05) is 20.8 Å². The summed E-state index contributed by atoms with van der Waals surface area (Å²) in [6.45, 7) is 10.5. The lowest BCUT2D eigenvalue weighted by atomic mass is 10.1. The Labute approximate surface area is 148 Å². The summed E-state index contributed by atoms with van der Waals surface area (Å²) in [5, 5.41) is 2.61. The van der Waals surface area contributed by atoms with Crippen LogP contribution < -0.4 is 19.5 Å². The number of carbonyl (C=O) groups is 2. The highest BCUT2D eigenvalue weighted by molar-refractivity contribution is 5.93.